The lowest BCUT2D eigenvalue weighted by molar-refractivity contribution is -0.139. The summed E-state index contributed by atoms with van der Waals surface area (Å²) in [5.41, 5.74) is 1.31. The van der Waals surface area contributed by atoms with Crippen LogP contribution >= 0.6 is 0 Å². The number of ether oxygens (including phenoxy) is 1. The van der Waals surface area contributed by atoms with E-state index in [4.69, 9.17) is 4.74 Å². The lowest BCUT2D eigenvalue weighted by Crippen LogP contribution is -2.54. The van der Waals surface area contributed by atoms with E-state index in [-0.39, 0.29) is 24.2 Å². The number of anilines is 1. The molecule has 0 unspecified atom stereocenters. The van der Waals surface area contributed by atoms with Gasteiger partial charge in [-0.25, -0.2) is 8.42 Å². The molecule has 2 rings (SSSR count). The molecule has 0 aliphatic carbocycles. The number of carbonyl (C=O) groups excluding carboxylic acids is 2. The van der Waals surface area contributed by atoms with Crippen LogP contribution in [0, 0.1) is 0 Å². The van der Waals surface area contributed by atoms with Gasteiger partial charge < -0.3 is 15.0 Å². The van der Waals surface area contributed by atoms with Crippen molar-refractivity contribution in [1.82, 2.24) is 10.2 Å². The summed E-state index contributed by atoms with van der Waals surface area (Å²) in [5, 5.41) is 2.97. The average molecular weight is 518 g/mol. The zero-order chi connectivity index (χ0) is 26.7. The Balaban J connectivity index is 2.41. The van der Waals surface area contributed by atoms with Crippen molar-refractivity contribution < 1.29 is 22.7 Å². The van der Waals surface area contributed by atoms with Crippen molar-refractivity contribution in [2.24, 2.45) is 0 Å². The first-order valence-electron chi connectivity index (χ1n) is 12.5. The molecule has 0 saturated carbocycles. The van der Waals surface area contributed by atoms with Crippen LogP contribution in [-0.4, -0.2) is 63.2 Å². The Labute approximate surface area is 215 Å². The normalized spacial score (nSPS) is 12.9. The maximum Gasteiger partial charge on any atom is 0.244 e. The van der Waals surface area contributed by atoms with Gasteiger partial charge >= 0.3 is 0 Å². The van der Waals surface area contributed by atoms with E-state index in [1.165, 1.54) is 4.90 Å². The van der Waals surface area contributed by atoms with Crippen molar-refractivity contribution in [1.29, 1.82) is 0 Å². The van der Waals surface area contributed by atoms with E-state index >= 15 is 0 Å². The Morgan fingerprint density at radius 1 is 0.972 bits per heavy atom. The summed E-state index contributed by atoms with van der Waals surface area (Å²) in [6, 6.07) is 15.6. The predicted octanol–water partition coefficient (Wildman–Crippen LogP) is 3.62. The topological polar surface area (TPSA) is 96.0 Å². The molecule has 0 aliphatic rings. The maximum absolute atomic E-state index is 13.7. The summed E-state index contributed by atoms with van der Waals surface area (Å²) < 4.78 is 32.3. The molecule has 9 heteroatoms. The molecular weight excluding hydrogens is 478 g/mol. The Kier molecular flexibility index (Phi) is 11.2. The van der Waals surface area contributed by atoms with Gasteiger partial charge in [0.05, 0.1) is 18.6 Å². The molecule has 2 amide bonds. The number of nitrogens with one attached hydrogen (secondary N) is 1. The van der Waals surface area contributed by atoms with Crippen molar-refractivity contribution >= 4 is 27.5 Å². The molecule has 0 spiro atoms. The molecule has 1 N–H and O–H groups in total. The van der Waals surface area contributed by atoms with Gasteiger partial charge in [0.15, 0.2) is 0 Å². The van der Waals surface area contributed by atoms with Crippen LogP contribution in [0.2, 0.25) is 0 Å². The highest BCUT2D eigenvalue weighted by Gasteiger charge is 2.32. The number of para-hydroxylation sites is 2. The van der Waals surface area contributed by atoms with Crippen LogP contribution in [-0.2, 0) is 26.0 Å². The lowest BCUT2D eigenvalue weighted by atomic mass is 10.1. The van der Waals surface area contributed by atoms with Crippen LogP contribution in [0.5, 0.6) is 5.75 Å². The molecule has 0 aliphatic heterocycles. The van der Waals surface area contributed by atoms with Crippen molar-refractivity contribution in [2.75, 3.05) is 30.3 Å². The standard InChI is InChI=1S/C27H39N3O5S/c1-6-21(4)28-27(32)23(7-2)29(19-18-22-14-10-9-11-15-22)26(31)20-30(36(5,33)34)24-16-12-13-17-25(24)35-8-3/h9-17,21,23H,6-8,18-20H2,1-5H3,(H,28,32)/t21-,23+/m1/s1. The first-order chi connectivity index (χ1) is 17.1. The second kappa shape index (κ2) is 13.9. The van der Waals surface area contributed by atoms with E-state index in [2.05, 4.69) is 5.32 Å². The molecule has 0 aromatic heterocycles. The number of amides is 2. The smallest absolute Gasteiger partial charge is 0.244 e. The largest absolute Gasteiger partial charge is 0.492 e. The van der Waals surface area contributed by atoms with Crippen LogP contribution in [0.4, 0.5) is 5.69 Å². The van der Waals surface area contributed by atoms with Crippen molar-refractivity contribution in [3.63, 3.8) is 0 Å². The summed E-state index contributed by atoms with van der Waals surface area (Å²) in [6.07, 6.45) is 2.76. The zero-order valence-corrected chi connectivity index (χ0v) is 22.8. The first kappa shape index (κ1) is 29.2. The van der Waals surface area contributed by atoms with Crippen LogP contribution in [0.3, 0.4) is 0 Å². The van der Waals surface area contributed by atoms with E-state index in [0.717, 1.165) is 22.5 Å². The monoisotopic (exact) mass is 517 g/mol. The van der Waals surface area contributed by atoms with Gasteiger partial charge in [-0.2, -0.15) is 0 Å². The highest BCUT2D eigenvalue weighted by Crippen LogP contribution is 2.30. The molecule has 36 heavy (non-hydrogen) atoms. The van der Waals surface area contributed by atoms with Crippen LogP contribution in [0.15, 0.2) is 54.6 Å². The van der Waals surface area contributed by atoms with Crippen LogP contribution < -0.4 is 14.4 Å². The molecule has 2 aromatic carbocycles. The summed E-state index contributed by atoms with van der Waals surface area (Å²) in [7, 11) is -3.82. The molecule has 2 atom stereocenters. The third-order valence-electron chi connectivity index (χ3n) is 5.98. The molecule has 2 aromatic rings. The molecule has 0 fully saturated rings. The van der Waals surface area contributed by atoms with Gasteiger partial charge in [0, 0.05) is 12.6 Å². The Bertz CT molecular complexity index is 1090. The minimum atomic E-state index is -3.82. The lowest BCUT2D eigenvalue weighted by Gasteiger charge is -2.33. The molecule has 8 nitrogen and oxygen atoms in total. The van der Waals surface area contributed by atoms with Crippen molar-refractivity contribution in [3.05, 3.63) is 60.2 Å². The SMILES string of the molecule is CCOc1ccccc1N(CC(=O)N(CCc1ccccc1)[C@@H](CC)C(=O)N[C@H](C)CC)S(C)(=O)=O. The number of carbonyl (C=O) groups is 2. The van der Waals surface area contributed by atoms with E-state index in [9.17, 15) is 18.0 Å². The Morgan fingerprint density at radius 2 is 1.61 bits per heavy atom. The minimum absolute atomic E-state index is 0.0387. The minimum Gasteiger partial charge on any atom is -0.492 e. The Hall–Kier alpha value is -3.07. The number of sulfonamides is 1. The van der Waals surface area contributed by atoms with E-state index in [0.29, 0.717) is 25.2 Å². The van der Waals surface area contributed by atoms with Gasteiger partial charge in [0.25, 0.3) is 0 Å². The summed E-state index contributed by atoms with van der Waals surface area (Å²) in [6.45, 7) is 7.73. The highest BCUT2D eigenvalue weighted by atomic mass is 32.2. The summed E-state index contributed by atoms with van der Waals surface area (Å²) in [5.74, 6) is -0.321. The fourth-order valence-electron chi connectivity index (χ4n) is 3.87. The zero-order valence-electron chi connectivity index (χ0n) is 21.9. The Morgan fingerprint density at radius 3 is 2.19 bits per heavy atom. The van der Waals surface area contributed by atoms with Gasteiger partial charge in [-0.05, 0) is 50.8 Å². The van der Waals surface area contributed by atoms with Gasteiger partial charge in [0.2, 0.25) is 21.8 Å². The van der Waals surface area contributed by atoms with Crippen LogP contribution in [0.25, 0.3) is 0 Å². The second-order valence-corrected chi connectivity index (χ2v) is 10.6. The fraction of sp³-hybridized carbons (Fsp3) is 0.481. The van der Waals surface area contributed by atoms with E-state index in [1.807, 2.05) is 51.1 Å². The number of nitrogens with zero attached hydrogens (tertiary/aromatic N) is 2. The molecule has 0 saturated heterocycles. The number of hydrogen-bond acceptors (Lipinski definition) is 5. The third-order valence-corrected chi connectivity index (χ3v) is 7.11. The highest BCUT2D eigenvalue weighted by molar-refractivity contribution is 7.92. The van der Waals surface area contributed by atoms with E-state index < -0.39 is 28.5 Å². The number of hydrogen-bond donors (Lipinski definition) is 1. The van der Waals surface area contributed by atoms with Crippen LogP contribution in [0.1, 0.15) is 46.1 Å². The molecular formula is C27H39N3O5S. The van der Waals surface area contributed by atoms with Crippen molar-refractivity contribution in [3.8, 4) is 5.75 Å². The average Bonchev–Trinajstić information content (AvgIpc) is 2.85. The predicted molar refractivity (Wildman–Crippen MR) is 144 cm³/mol. The fourth-order valence-corrected chi connectivity index (χ4v) is 4.73. The van der Waals surface area contributed by atoms with Crippen molar-refractivity contribution in [2.45, 2.75) is 59.0 Å². The second-order valence-electron chi connectivity index (χ2n) is 8.74. The quantitative estimate of drug-likeness (QED) is 0.413. The number of rotatable bonds is 14. The van der Waals surface area contributed by atoms with E-state index in [1.54, 1.807) is 31.2 Å². The van der Waals surface area contributed by atoms with Gasteiger partial charge in [-0.1, -0.05) is 56.3 Å². The molecule has 0 bridgehead atoms. The molecule has 0 radical (unpaired) electrons. The molecule has 0 heterocycles. The number of benzene rings is 2. The summed E-state index contributed by atoms with van der Waals surface area (Å²) >= 11 is 0. The first-order valence-corrected chi connectivity index (χ1v) is 14.3. The summed E-state index contributed by atoms with van der Waals surface area (Å²) in [4.78, 5) is 28.4. The maximum atomic E-state index is 13.7. The van der Waals surface area contributed by atoms with Gasteiger partial charge in [0.1, 0.15) is 18.3 Å². The van der Waals surface area contributed by atoms with Gasteiger partial charge in [-0.15, -0.1) is 0 Å². The third kappa shape index (κ3) is 8.26. The molecule has 198 valence electrons. The van der Waals surface area contributed by atoms with Gasteiger partial charge in [-0.3, -0.25) is 13.9 Å².